The Bertz CT molecular complexity index is 571. The molecule has 1 fully saturated rings. The number of hydrogen-bond donors (Lipinski definition) is 1. The molecule has 6 heteroatoms. The highest BCUT2D eigenvalue weighted by atomic mass is 32.1. The van der Waals surface area contributed by atoms with Gasteiger partial charge >= 0.3 is 0 Å². The molecule has 3 heterocycles. The van der Waals surface area contributed by atoms with Crippen LogP contribution < -0.4 is 5.32 Å². The summed E-state index contributed by atoms with van der Waals surface area (Å²) in [5.74, 6) is 0. The third-order valence-electron chi connectivity index (χ3n) is 4.00. The second-order valence-electron chi connectivity index (χ2n) is 5.71. The highest BCUT2D eigenvalue weighted by Crippen LogP contribution is 2.19. The standard InChI is InChI=1S/C16H23N5S/c1-2-8-20(13-16-6-4-9-22-16)12-15-11-18-19-21(15)14-5-3-7-17-10-14/h2,4,6,9,11,14,17H,1,3,5,7-8,10,12-13H2. The smallest absolute Gasteiger partial charge is 0.0738 e. The lowest BCUT2D eigenvalue weighted by atomic mass is 10.1. The maximum atomic E-state index is 4.33. The van der Waals surface area contributed by atoms with Crippen LogP contribution in [-0.4, -0.2) is 39.5 Å². The number of nitrogens with one attached hydrogen (secondary N) is 1. The van der Waals surface area contributed by atoms with Gasteiger partial charge in [0.15, 0.2) is 0 Å². The third kappa shape index (κ3) is 3.82. The van der Waals surface area contributed by atoms with Crippen molar-refractivity contribution >= 4 is 11.3 Å². The van der Waals surface area contributed by atoms with Crippen molar-refractivity contribution in [3.63, 3.8) is 0 Å². The predicted molar refractivity (Wildman–Crippen MR) is 89.8 cm³/mol. The topological polar surface area (TPSA) is 46.0 Å². The first kappa shape index (κ1) is 15.4. The van der Waals surface area contributed by atoms with Crippen molar-refractivity contribution in [1.82, 2.24) is 25.2 Å². The van der Waals surface area contributed by atoms with E-state index in [9.17, 15) is 0 Å². The molecule has 1 aliphatic heterocycles. The van der Waals surface area contributed by atoms with Crippen molar-refractivity contribution in [2.45, 2.75) is 32.0 Å². The van der Waals surface area contributed by atoms with Gasteiger partial charge in [0.25, 0.3) is 0 Å². The zero-order chi connectivity index (χ0) is 15.2. The van der Waals surface area contributed by atoms with E-state index in [4.69, 9.17) is 0 Å². The highest BCUT2D eigenvalue weighted by molar-refractivity contribution is 7.09. The molecule has 3 rings (SSSR count). The van der Waals surface area contributed by atoms with Gasteiger partial charge in [-0.25, -0.2) is 4.68 Å². The van der Waals surface area contributed by atoms with Gasteiger partial charge in [0, 0.05) is 31.1 Å². The Hall–Kier alpha value is -1.50. The van der Waals surface area contributed by atoms with Gasteiger partial charge < -0.3 is 5.32 Å². The van der Waals surface area contributed by atoms with Gasteiger partial charge in [-0.3, -0.25) is 4.90 Å². The van der Waals surface area contributed by atoms with E-state index in [1.54, 1.807) is 11.3 Å². The van der Waals surface area contributed by atoms with Gasteiger partial charge in [0.2, 0.25) is 0 Å². The maximum Gasteiger partial charge on any atom is 0.0738 e. The Morgan fingerprint density at radius 1 is 1.50 bits per heavy atom. The summed E-state index contributed by atoms with van der Waals surface area (Å²) in [6.07, 6.45) is 6.24. The molecule has 2 aromatic rings. The van der Waals surface area contributed by atoms with Crippen LogP contribution in [0.15, 0.2) is 36.4 Å². The second kappa shape index (κ2) is 7.67. The first-order valence-electron chi connectivity index (χ1n) is 7.82. The summed E-state index contributed by atoms with van der Waals surface area (Å²) in [4.78, 5) is 3.75. The normalized spacial score (nSPS) is 18.7. The van der Waals surface area contributed by atoms with E-state index in [1.165, 1.54) is 23.4 Å². The maximum absolute atomic E-state index is 4.33. The number of thiophene rings is 1. The third-order valence-corrected chi connectivity index (χ3v) is 4.86. The van der Waals surface area contributed by atoms with E-state index in [0.29, 0.717) is 6.04 Å². The van der Waals surface area contributed by atoms with E-state index in [-0.39, 0.29) is 0 Å². The van der Waals surface area contributed by atoms with Crippen LogP contribution in [-0.2, 0) is 13.1 Å². The van der Waals surface area contributed by atoms with E-state index in [1.807, 2.05) is 12.3 Å². The number of aromatic nitrogens is 3. The Morgan fingerprint density at radius 2 is 2.45 bits per heavy atom. The van der Waals surface area contributed by atoms with Crippen molar-refractivity contribution in [3.8, 4) is 0 Å². The molecule has 0 amide bonds. The number of nitrogens with zero attached hydrogens (tertiary/aromatic N) is 4. The molecule has 2 aromatic heterocycles. The summed E-state index contributed by atoms with van der Waals surface area (Å²) in [5.41, 5.74) is 1.19. The zero-order valence-corrected chi connectivity index (χ0v) is 13.6. The molecule has 118 valence electrons. The molecule has 0 aliphatic carbocycles. The average molecular weight is 317 g/mol. The number of piperidine rings is 1. The summed E-state index contributed by atoms with van der Waals surface area (Å²) in [5, 5.41) is 14.0. The van der Waals surface area contributed by atoms with Crippen molar-refractivity contribution in [2.75, 3.05) is 19.6 Å². The predicted octanol–water partition coefficient (Wildman–Crippen LogP) is 2.45. The lowest BCUT2D eigenvalue weighted by molar-refractivity contribution is 0.263. The Morgan fingerprint density at radius 3 is 3.18 bits per heavy atom. The summed E-state index contributed by atoms with van der Waals surface area (Å²) in [7, 11) is 0. The molecule has 22 heavy (non-hydrogen) atoms. The molecule has 1 aliphatic rings. The van der Waals surface area contributed by atoms with Crippen LogP contribution in [0.1, 0.15) is 29.5 Å². The molecule has 5 nitrogen and oxygen atoms in total. The van der Waals surface area contributed by atoms with Crippen LogP contribution in [0, 0.1) is 0 Å². The molecule has 1 unspecified atom stereocenters. The molecule has 0 radical (unpaired) electrons. The first-order chi connectivity index (χ1) is 10.9. The average Bonchev–Trinajstić information content (AvgIpc) is 3.20. The highest BCUT2D eigenvalue weighted by Gasteiger charge is 2.19. The Kier molecular flexibility index (Phi) is 5.37. The van der Waals surface area contributed by atoms with Gasteiger partial charge in [0.1, 0.15) is 0 Å². The van der Waals surface area contributed by atoms with Crippen LogP contribution in [0.5, 0.6) is 0 Å². The Balaban J connectivity index is 1.69. The lowest BCUT2D eigenvalue weighted by Gasteiger charge is -2.26. The summed E-state index contributed by atoms with van der Waals surface area (Å²) < 4.78 is 2.11. The van der Waals surface area contributed by atoms with Crippen LogP contribution in [0.4, 0.5) is 0 Å². The van der Waals surface area contributed by atoms with Crippen LogP contribution in [0.3, 0.4) is 0 Å². The van der Waals surface area contributed by atoms with Crippen molar-refractivity contribution < 1.29 is 0 Å². The van der Waals surface area contributed by atoms with E-state index in [0.717, 1.165) is 32.7 Å². The fourth-order valence-corrected chi connectivity index (χ4v) is 3.69. The fraction of sp³-hybridized carbons (Fsp3) is 0.500. The molecule has 1 atom stereocenters. The van der Waals surface area contributed by atoms with Gasteiger partial charge in [-0.2, -0.15) is 0 Å². The van der Waals surface area contributed by atoms with E-state index < -0.39 is 0 Å². The fourth-order valence-electron chi connectivity index (χ4n) is 2.95. The van der Waals surface area contributed by atoms with Crippen LogP contribution in [0.25, 0.3) is 0 Å². The van der Waals surface area contributed by atoms with Crippen LogP contribution in [0.2, 0.25) is 0 Å². The minimum absolute atomic E-state index is 0.429. The minimum atomic E-state index is 0.429. The molecule has 0 bridgehead atoms. The molecule has 0 aromatic carbocycles. The molecule has 0 saturated carbocycles. The van der Waals surface area contributed by atoms with Gasteiger partial charge in [-0.15, -0.1) is 23.0 Å². The summed E-state index contributed by atoms with van der Waals surface area (Å²) in [6, 6.07) is 4.71. The Labute approximate surface area is 135 Å². The monoisotopic (exact) mass is 317 g/mol. The summed E-state index contributed by atoms with van der Waals surface area (Å²) in [6.45, 7) is 8.65. The SMILES string of the molecule is C=CCN(Cc1cccs1)Cc1cnnn1C1CCCNC1. The van der Waals surface area contributed by atoms with Gasteiger partial charge in [0.05, 0.1) is 17.9 Å². The zero-order valence-electron chi connectivity index (χ0n) is 12.8. The largest absolute Gasteiger partial charge is 0.315 e. The lowest BCUT2D eigenvalue weighted by Crippen LogP contribution is -2.34. The van der Waals surface area contributed by atoms with Gasteiger partial charge in [-0.05, 0) is 30.8 Å². The van der Waals surface area contributed by atoms with Crippen molar-refractivity contribution in [1.29, 1.82) is 0 Å². The molecular weight excluding hydrogens is 294 g/mol. The van der Waals surface area contributed by atoms with E-state index >= 15 is 0 Å². The molecule has 1 saturated heterocycles. The number of hydrogen-bond acceptors (Lipinski definition) is 5. The van der Waals surface area contributed by atoms with E-state index in [2.05, 4.69) is 49.3 Å². The van der Waals surface area contributed by atoms with Crippen molar-refractivity contribution in [2.24, 2.45) is 0 Å². The molecular formula is C16H23N5S. The molecule has 1 N–H and O–H groups in total. The van der Waals surface area contributed by atoms with Crippen LogP contribution >= 0.6 is 11.3 Å². The quantitative estimate of drug-likeness (QED) is 0.797. The molecule has 0 spiro atoms. The van der Waals surface area contributed by atoms with Gasteiger partial charge in [-0.1, -0.05) is 17.4 Å². The first-order valence-corrected chi connectivity index (χ1v) is 8.70. The second-order valence-corrected chi connectivity index (χ2v) is 6.74. The minimum Gasteiger partial charge on any atom is -0.315 e. The number of rotatable bonds is 7. The van der Waals surface area contributed by atoms with Crippen molar-refractivity contribution in [3.05, 3.63) is 46.9 Å². The summed E-state index contributed by atoms with van der Waals surface area (Å²) >= 11 is 1.80.